The van der Waals surface area contributed by atoms with Crippen molar-refractivity contribution >= 4 is 11.5 Å². The Kier molecular flexibility index (Phi) is 5.44. The van der Waals surface area contributed by atoms with Gasteiger partial charge in [-0.2, -0.15) is 0 Å². The minimum absolute atomic E-state index is 0.139. The van der Waals surface area contributed by atoms with Gasteiger partial charge in [0, 0.05) is 74.6 Å². The van der Waals surface area contributed by atoms with E-state index >= 15 is 0 Å². The number of benzene rings is 1. The van der Waals surface area contributed by atoms with Crippen molar-refractivity contribution in [1.29, 1.82) is 0 Å². The SMILES string of the molecule is Cc1cc(N2CCN(Cc3cccc([N+](=O)[O-])c3)CC2)nc(-c2cccnc2)n1. The highest BCUT2D eigenvalue weighted by Crippen LogP contribution is 2.21. The number of hydrogen-bond donors (Lipinski definition) is 0. The highest BCUT2D eigenvalue weighted by atomic mass is 16.6. The third kappa shape index (κ3) is 4.55. The van der Waals surface area contributed by atoms with Crippen LogP contribution in [0.1, 0.15) is 11.3 Å². The van der Waals surface area contributed by atoms with Crippen LogP contribution in [-0.4, -0.2) is 51.0 Å². The van der Waals surface area contributed by atoms with Gasteiger partial charge in [-0.15, -0.1) is 0 Å². The first kappa shape index (κ1) is 18.9. The molecular weight excluding hydrogens is 368 g/mol. The lowest BCUT2D eigenvalue weighted by molar-refractivity contribution is -0.384. The fourth-order valence-corrected chi connectivity index (χ4v) is 3.50. The van der Waals surface area contributed by atoms with E-state index in [1.54, 1.807) is 24.5 Å². The molecule has 3 heterocycles. The van der Waals surface area contributed by atoms with E-state index in [2.05, 4.69) is 19.8 Å². The summed E-state index contributed by atoms with van der Waals surface area (Å²) < 4.78 is 0. The van der Waals surface area contributed by atoms with Crippen LogP contribution in [0.4, 0.5) is 11.5 Å². The molecule has 8 heteroatoms. The Morgan fingerprint density at radius 1 is 1.07 bits per heavy atom. The molecule has 1 aromatic carbocycles. The zero-order valence-electron chi connectivity index (χ0n) is 16.2. The summed E-state index contributed by atoms with van der Waals surface area (Å²) in [5, 5.41) is 11.0. The maximum Gasteiger partial charge on any atom is 0.269 e. The molecule has 0 unspecified atom stereocenters. The predicted octanol–water partition coefficient (Wildman–Crippen LogP) is 3.08. The molecule has 0 radical (unpaired) electrons. The fourth-order valence-electron chi connectivity index (χ4n) is 3.50. The Bertz CT molecular complexity index is 1000. The maximum absolute atomic E-state index is 11.0. The topological polar surface area (TPSA) is 88.3 Å². The normalized spacial score (nSPS) is 14.7. The Balaban J connectivity index is 1.43. The third-order valence-corrected chi connectivity index (χ3v) is 4.98. The van der Waals surface area contributed by atoms with Crippen LogP contribution in [0.3, 0.4) is 0 Å². The summed E-state index contributed by atoms with van der Waals surface area (Å²) in [5.74, 6) is 1.61. The number of pyridine rings is 1. The van der Waals surface area contributed by atoms with Crippen molar-refractivity contribution in [2.24, 2.45) is 0 Å². The summed E-state index contributed by atoms with van der Waals surface area (Å²) in [5.41, 5.74) is 2.93. The molecule has 3 aromatic rings. The van der Waals surface area contributed by atoms with Gasteiger partial charge in [0.05, 0.1) is 4.92 Å². The molecule has 0 spiro atoms. The Morgan fingerprint density at radius 3 is 2.62 bits per heavy atom. The molecule has 0 saturated carbocycles. The van der Waals surface area contributed by atoms with Crippen molar-refractivity contribution in [1.82, 2.24) is 19.9 Å². The number of nitrogens with zero attached hydrogens (tertiary/aromatic N) is 6. The first-order valence-corrected chi connectivity index (χ1v) is 9.55. The maximum atomic E-state index is 11.0. The van der Waals surface area contributed by atoms with Crippen LogP contribution in [0.2, 0.25) is 0 Å². The van der Waals surface area contributed by atoms with Gasteiger partial charge in [0.15, 0.2) is 5.82 Å². The van der Waals surface area contributed by atoms with Gasteiger partial charge in [-0.25, -0.2) is 9.97 Å². The highest BCUT2D eigenvalue weighted by Gasteiger charge is 2.20. The molecule has 0 N–H and O–H groups in total. The Hall–Kier alpha value is -3.39. The second-order valence-corrected chi connectivity index (χ2v) is 7.12. The predicted molar refractivity (Wildman–Crippen MR) is 111 cm³/mol. The first-order chi connectivity index (χ1) is 14.1. The molecule has 1 aliphatic heterocycles. The average Bonchev–Trinajstić information content (AvgIpc) is 2.75. The smallest absolute Gasteiger partial charge is 0.269 e. The molecule has 29 heavy (non-hydrogen) atoms. The van der Waals surface area contributed by atoms with E-state index in [4.69, 9.17) is 4.98 Å². The van der Waals surface area contributed by atoms with Crippen LogP contribution in [0.5, 0.6) is 0 Å². The van der Waals surface area contributed by atoms with Gasteiger partial charge in [-0.05, 0) is 24.6 Å². The van der Waals surface area contributed by atoms with Crippen molar-refractivity contribution in [3.63, 3.8) is 0 Å². The third-order valence-electron chi connectivity index (χ3n) is 4.98. The lowest BCUT2D eigenvalue weighted by Gasteiger charge is -2.35. The number of rotatable bonds is 5. The highest BCUT2D eigenvalue weighted by molar-refractivity contribution is 5.56. The van der Waals surface area contributed by atoms with Crippen molar-refractivity contribution < 1.29 is 4.92 Å². The summed E-state index contributed by atoms with van der Waals surface area (Å²) in [6.45, 7) is 6.11. The molecule has 8 nitrogen and oxygen atoms in total. The minimum atomic E-state index is -0.348. The van der Waals surface area contributed by atoms with Crippen molar-refractivity contribution in [3.8, 4) is 11.4 Å². The van der Waals surface area contributed by atoms with E-state index < -0.39 is 0 Å². The van der Waals surface area contributed by atoms with Gasteiger partial charge in [-0.3, -0.25) is 20.0 Å². The first-order valence-electron chi connectivity index (χ1n) is 9.55. The van der Waals surface area contributed by atoms with Gasteiger partial charge in [0.1, 0.15) is 5.82 Å². The van der Waals surface area contributed by atoms with E-state index in [0.717, 1.165) is 48.8 Å². The van der Waals surface area contributed by atoms with Gasteiger partial charge in [-0.1, -0.05) is 12.1 Å². The second-order valence-electron chi connectivity index (χ2n) is 7.12. The molecule has 4 rings (SSSR count). The molecular formula is C21H22N6O2. The molecule has 1 saturated heterocycles. The summed E-state index contributed by atoms with van der Waals surface area (Å²) in [6.07, 6.45) is 3.51. The lowest BCUT2D eigenvalue weighted by atomic mass is 10.1. The number of non-ortho nitro benzene ring substituents is 1. The Morgan fingerprint density at radius 2 is 1.90 bits per heavy atom. The molecule has 0 atom stereocenters. The summed E-state index contributed by atoms with van der Waals surface area (Å²) in [7, 11) is 0. The average molecular weight is 390 g/mol. The van der Waals surface area contributed by atoms with Crippen LogP contribution >= 0.6 is 0 Å². The number of anilines is 1. The molecule has 2 aromatic heterocycles. The largest absolute Gasteiger partial charge is 0.354 e. The van der Waals surface area contributed by atoms with Crippen LogP contribution in [0, 0.1) is 17.0 Å². The standard InChI is InChI=1S/C21H22N6O2/c1-16-12-20(24-21(23-16)18-5-3-7-22-14-18)26-10-8-25(9-11-26)15-17-4-2-6-19(13-17)27(28)29/h2-7,12-14H,8-11,15H2,1H3. The fraction of sp³-hybridized carbons (Fsp3) is 0.286. The van der Waals surface area contributed by atoms with E-state index in [9.17, 15) is 10.1 Å². The van der Waals surface area contributed by atoms with Crippen molar-refractivity contribution in [2.75, 3.05) is 31.1 Å². The number of piperazine rings is 1. The molecule has 1 fully saturated rings. The second kappa shape index (κ2) is 8.32. The summed E-state index contributed by atoms with van der Waals surface area (Å²) in [4.78, 5) is 28.7. The van der Waals surface area contributed by atoms with Gasteiger partial charge < -0.3 is 4.90 Å². The monoisotopic (exact) mass is 390 g/mol. The quantitative estimate of drug-likeness (QED) is 0.489. The van der Waals surface area contributed by atoms with E-state index in [-0.39, 0.29) is 10.6 Å². The van der Waals surface area contributed by atoms with E-state index in [1.807, 2.05) is 31.2 Å². The minimum Gasteiger partial charge on any atom is -0.354 e. The van der Waals surface area contributed by atoms with Crippen molar-refractivity contribution in [3.05, 3.63) is 76.2 Å². The van der Waals surface area contributed by atoms with Gasteiger partial charge in [0.2, 0.25) is 0 Å². The van der Waals surface area contributed by atoms with Crippen LogP contribution < -0.4 is 4.90 Å². The lowest BCUT2D eigenvalue weighted by Crippen LogP contribution is -2.46. The van der Waals surface area contributed by atoms with Crippen molar-refractivity contribution in [2.45, 2.75) is 13.5 Å². The number of hydrogen-bond acceptors (Lipinski definition) is 7. The number of nitro benzene ring substituents is 1. The molecule has 0 aliphatic carbocycles. The number of aromatic nitrogens is 3. The van der Waals surface area contributed by atoms with Crippen LogP contribution in [0.15, 0.2) is 54.9 Å². The van der Waals surface area contributed by atoms with Gasteiger partial charge >= 0.3 is 0 Å². The Labute approximate surface area is 169 Å². The number of aryl methyl sites for hydroxylation is 1. The van der Waals surface area contributed by atoms with Crippen LogP contribution in [-0.2, 0) is 6.54 Å². The van der Waals surface area contributed by atoms with E-state index in [1.165, 1.54) is 6.07 Å². The molecule has 0 amide bonds. The van der Waals surface area contributed by atoms with Gasteiger partial charge in [0.25, 0.3) is 5.69 Å². The molecule has 148 valence electrons. The summed E-state index contributed by atoms with van der Waals surface area (Å²) in [6, 6.07) is 12.7. The summed E-state index contributed by atoms with van der Waals surface area (Å²) >= 11 is 0. The molecule has 0 bridgehead atoms. The number of nitro groups is 1. The zero-order valence-corrected chi connectivity index (χ0v) is 16.2. The zero-order chi connectivity index (χ0) is 20.2. The van der Waals surface area contributed by atoms with Crippen LogP contribution in [0.25, 0.3) is 11.4 Å². The molecule has 1 aliphatic rings. The van der Waals surface area contributed by atoms with E-state index in [0.29, 0.717) is 12.4 Å².